The smallest absolute Gasteiger partial charge is 0.250 e. The van der Waals surface area contributed by atoms with Crippen LogP contribution < -0.4 is 10.1 Å². The van der Waals surface area contributed by atoms with E-state index in [1.165, 1.54) is 5.56 Å². The van der Waals surface area contributed by atoms with Gasteiger partial charge in [-0.15, -0.1) is 0 Å². The number of rotatable bonds is 5. The van der Waals surface area contributed by atoms with Crippen molar-refractivity contribution < 1.29 is 13.5 Å². The summed E-state index contributed by atoms with van der Waals surface area (Å²) < 4.78 is 29.2. The fourth-order valence-corrected chi connectivity index (χ4v) is 2.21. The molecule has 0 spiro atoms. The molecule has 0 aliphatic heterocycles. The van der Waals surface area contributed by atoms with E-state index in [0.717, 1.165) is 18.6 Å². The minimum Gasteiger partial charge on any atom is -0.497 e. The van der Waals surface area contributed by atoms with Crippen molar-refractivity contribution in [2.75, 3.05) is 13.7 Å². The third kappa shape index (κ3) is 3.16. The van der Waals surface area contributed by atoms with Gasteiger partial charge >= 0.3 is 0 Å². The first kappa shape index (κ1) is 12.3. The van der Waals surface area contributed by atoms with E-state index < -0.39 is 6.43 Å². The Morgan fingerprint density at radius 3 is 2.82 bits per heavy atom. The van der Waals surface area contributed by atoms with Gasteiger partial charge in [0.05, 0.1) is 13.7 Å². The predicted molar refractivity (Wildman–Crippen MR) is 62.8 cm³/mol. The predicted octanol–water partition coefficient (Wildman–Crippen LogP) is 2.80. The molecule has 0 heterocycles. The van der Waals surface area contributed by atoms with Crippen molar-refractivity contribution in [3.63, 3.8) is 0 Å². The molecule has 0 unspecified atom stereocenters. The Morgan fingerprint density at radius 2 is 2.18 bits per heavy atom. The van der Waals surface area contributed by atoms with Crippen LogP contribution in [0.1, 0.15) is 24.3 Å². The highest BCUT2D eigenvalue weighted by Gasteiger charge is 2.30. The molecule has 1 aromatic carbocycles. The largest absolute Gasteiger partial charge is 0.497 e. The molecule has 1 aromatic rings. The Labute approximate surface area is 100.0 Å². The lowest BCUT2D eigenvalue weighted by atomic mass is 9.76. The molecule has 4 heteroatoms. The Morgan fingerprint density at radius 1 is 1.41 bits per heavy atom. The molecular weight excluding hydrogens is 224 g/mol. The average molecular weight is 241 g/mol. The zero-order chi connectivity index (χ0) is 12.3. The van der Waals surface area contributed by atoms with Gasteiger partial charge in [0.25, 0.3) is 6.43 Å². The number of benzene rings is 1. The van der Waals surface area contributed by atoms with Crippen LogP contribution in [0.4, 0.5) is 8.78 Å². The number of hydrogen-bond acceptors (Lipinski definition) is 2. The number of nitrogens with one attached hydrogen (secondary N) is 1. The third-order valence-electron chi connectivity index (χ3n) is 3.26. The molecule has 1 aliphatic carbocycles. The summed E-state index contributed by atoms with van der Waals surface area (Å²) in [6.07, 6.45) is -0.398. The fourth-order valence-electron chi connectivity index (χ4n) is 2.21. The Bertz CT molecular complexity index is 364. The van der Waals surface area contributed by atoms with Crippen LogP contribution in [-0.2, 0) is 0 Å². The second-order valence-corrected chi connectivity index (χ2v) is 4.44. The second-order valence-electron chi connectivity index (χ2n) is 4.44. The van der Waals surface area contributed by atoms with Gasteiger partial charge in [-0.3, -0.25) is 0 Å². The molecule has 2 rings (SSSR count). The average Bonchev–Trinajstić information content (AvgIpc) is 2.27. The highest BCUT2D eigenvalue weighted by atomic mass is 19.3. The van der Waals surface area contributed by atoms with Crippen LogP contribution in [0.15, 0.2) is 24.3 Å². The molecule has 1 N–H and O–H groups in total. The van der Waals surface area contributed by atoms with Gasteiger partial charge in [-0.2, -0.15) is 0 Å². The SMILES string of the molecule is COc1cccc(C2CC(NCC(F)F)C2)c1. The van der Waals surface area contributed by atoms with Gasteiger partial charge in [0.2, 0.25) is 0 Å². The molecule has 1 aliphatic rings. The topological polar surface area (TPSA) is 21.3 Å². The first-order valence-corrected chi connectivity index (χ1v) is 5.84. The second kappa shape index (κ2) is 5.45. The van der Waals surface area contributed by atoms with E-state index in [1.54, 1.807) is 7.11 Å². The minimum absolute atomic E-state index is 0.199. The normalized spacial score (nSPS) is 23.5. The summed E-state index contributed by atoms with van der Waals surface area (Å²) in [6, 6.07) is 8.20. The summed E-state index contributed by atoms with van der Waals surface area (Å²) >= 11 is 0. The molecule has 0 aromatic heterocycles. The van der Waals surface area contributed by atoms with Crippen molar-refractivity contribution in [2.45, 2.75) is 31.2 Å². The maximum atomic E-state index is 12.0. The molecule has 0 saturated heterocycles. The van der Waals surface area contributed by atoms with Crippen molar-refractivity contribution in [3.05, 3.63) is 29.8 Å². The van der Waals surface area contributed by atoms with E-state index in [-0.39, 0.29) is 12.6 Å². The maximum Gasteiger partial charge on any atom is 0.250 e. The molecule has 17 heavy (non-hydrogen) atoms. The summed E-state index contributed by atoms with van der Waals surface area (Å²) in [4.78, 5) is 0. The standard InChI is InChI=1S/C13H17F2NO/c1-17-12-4-2-3-9(7-12)10-5-11(6-10)16-8-13(14)15/h2-4,7,10-11,13,16H,5-6,8H2,1H3. The molecule has 0 bridgehead atoms. The van der Waals surface area contributed by atoms with Gasteiger partial charge in [0.1, 0.15) is 5.75 Å². The molecule has 0 radical (unpaired) electrons. The van der Waals surface area contributed by atoms with Crippen molar-refractivity contribution in [2.24, 2.45) is 0 Å². The van der Waals surface area contributed by atoms with Gasteiger partial charge in [-0.25, -0.2) is 8.78 Å². The maximum absolute atomic E-state index is 12.0. The Balaban J connectivity index is 1.82. The van der Waals surface area contributed by atoms with Gasteiger partial charge < -0.3 is 10.1 Å². The van der Waals surface area contributed by atoms with Crippen molar-refractivity contribution in [1.29, 1.82) is 0 Å². The van der Waals surface area contributed by atoms with E-state index >= 15 is 0 Å². The summed E-state index contributed by atoms with van der Waals surface area (Å²) in [6.45, 7) is -0.199. The van der Waals surface area contributed by atoms with E-state index in [4.69, 9.17) is 4.74 Å². The zero-order valence-corrected chi connectivity index (χ0v) is 9.83. The number of alkyl halides is 2. The molecular formula is C13H17F2NO. The number of ether oxygens (including phenoxy) is 1. The number of halogens is 2. The lowest BCUT2D eigenvalue weighted by Crippen LogP contribution is -2.42. The van der Waals surface area contributed by atoms with Crippen LogP contribution in [-0.4, -0.2) is 26.1 Å². The van der Waals surface area contributed by atoms with Gasteiger partial charge in [0, 0.05) is 6.04 Å². The molecule has 0 atom stereocenters. The third-order valence-corrected chi connectivity index (χ3v) is 3.26. The van der Waals surface area contributed by atoms with Gasteiger partial charge in [-0.05, 0) is 36.5 Å². The Hall–Kier alpha value is -1.16. The minimum atomic E-state index is -2.26. The fraction of sp³-hybridized carbons (Fsp3) is 0.538. The summed E-state index contributed by atoms with van der Waals surface area (Å²) in [5, 5.41) is 2.87. The Kier molecular flexibility index (Phi) is 3.94. The summed E-state index contributed by atoms with van der Waals surface area (Å²) in [5.74, 6) is 1.33. The highest BCUT2D eigenvalue weighted by Crippen LogP contribution is 2.37. The van der Waals surface area contributed by atoms with E-state index in [9.17, 15) is 8.78 Å². The van der Waals surface area contributed by atoms with Crippen molar-refractivity contribution >= 4 is 0 Å². The van der Waals surface area contributed by atoms with Crippen molar-refractivity contribution in [1.82, 2.24) is 5.32 Å². The van der Waals surface area contributed by atoms with E-state index in [1.807, 2.05) is 18.2 Å². The van der Waals surface area contributed by atoms with E-state index in [0.29, 0.717) is 5.92 Å². The lowest BCUT2D eigenvalue weighted by Gasteiger charge is -2.36. The van der Waals surface area contributed by atoms with Crippen LogP contribution >= 0.6 is 0 Å². The van der Waals surface area contributed by atoms with Crippen LogP contribution in [0.2, 0.25) is 0 Å². The number of methoxy groups -OCH3 is 1. The van der Waals surface area contributed by atoms with Crippen LogP contribution in [0.25, 0.3) is 0 Å². The molecule has 94 valence electrons. The summed E-state index contributed by atoms with van der Waals surface area (Å²) in [7, 11) is 1.65. The highest BCUT2D eigenvalue weighted by molar-refractivity contribution is 5.32. The lowest BCUT2D eigenvalue weighted by molar-refractivity contribution is 0.131. The zero-order valence-electron chi connectivity index (χ0n) is 9.83. The monoisotopic (exact) mass is 241 g/mol. The van der Waals surface area contributed by atoms with Gasteiger partial charge in [0.15, 0.2) is 0 Å². The summed E-state index contributed by atoms with van der Waals surface area (Å²) in [5.41, 5.74) is 1.24. The van der Waals surface area contributed by atoms with Gasteiger partial charge in [-0.1, -0.05) is 12.1 Å². The van der Waals surface area contributed by atoms with E-state index in [2.05, 4.69) is 11.4 Å². The number of hydrogen-bond donors (Lipinski definition) is 1. The van der Waals surface area contributed by atoms with Crippen molar-refractivity contribution in [3.8, 4) is 5.75 Å². The van der Waals surface area contributed by atoms with Crippen LogP contribution in [0.3, 0.4) is 0 Å². The molecule has 2 nitrogen and oxygen atoms in total. The van der Waals surface area contributed by atoms with Crippen LogP contribution in [0.5, 0.6) is 5.75 Å². The molecule has 1 fully saturated rings. The molecule has 1 saturated carbocycles. The molecule has 0 amide bonds. The first-order valence-electron chi connectivity index (χ1n) is 5.84. The van der Waals surface area contributed by atoms with Crippen LogP contribution in [0, 0.1) is 0 Å². The first-order chi connectivity index (χ1) is 8.19. The quantitative estimate of drug-likeness (QED) is 0.856.